The van der Waals surface area contributed by atoms with Gasteiger partial charge in [-0.15, -0.1) is 6.58 Å². The zero-order chi connectivity index (χ0) is 26.7. The maximum Gasteiger partial charge on any atom is 0.335 e. The normalized spacial score (nSPS) is 14.6. The van der Waals surface area contributed by atoms with Crippen LogP contribution < -0.4 is 15.0 Å². The highest BCUT2D eigenvalue weighted by atomic mass is 79.9. The Bertz CT molecular complexity index is 1460. The predicted molar refractivity (Wildman–Crippen MR) is 151 cm³/mol. The molecule has 1 heterocycles. The van der Waals surface area contributed by atoms with E-state index in [0.717, 1.165) is 31.6 Å². The van der Waals surface area contributed by atoms with Crippen molar-refractivity contribution in [3.05, 3.63) is 110 Å². The monoisotopic (exact) mass is 622 g/mol. The molecule has 0 radical (unpaired) electrons. The predicted octanol–water partition coefficient (Wildman–Crippen LogP) is 6.80. The van der Waals surface area contributed by atoms with Gasteiger partial charge in [-0.25, -0.2) is 9.69 Å². The molecule has 8 heteroatoms. The number of carbonyl (C=O) groups excluding carboxylic acids is 3. The molecule has 188 valence electrons. The van der Waals surface area contributed by atoms with Gasteiger partial charge in [0.25, 0.3) is 11.8 Å². The summed E-state index contributed by atoms with van der Waals surface area (Å²) in [6.07, 6.45) is 3.75. The number of benzene rings is 3. The van der Waals surface area contributed by atoms with E-state index in [0.29, 0.717) is 34.5 Å². The lowest BCUT2D eigenvalue weighted by molar-refractivity contribution is -0.122. The number of hydrogen-bond acceptors (Lipinski definition) is 4. The molecule has 3 aromatic carbocycles. The summed E-state index contributed by atoms with van der Waals surface area (Å²) in [4.78, 5) is 39.5. The number of hydrogen-bond donors (Lipinski definition) is 1. The number of ether oxygens (including phenoxy) is 1. The fourth-order valence-corrected chi connectivity index (χ4v) is 4.89. The van der Waals surface area contributed by atoms with Crippen LogP contribution in [0.5, 0.6) is 5.75 Å². The van der Waals surface area contributed by atoms with Crippen molar-refractivity contribution in [1.82, 2.24) is 5.32 Å². The molecule has 0 saturated carbocycles. The van der Waals surface area contributed by atoms with Crippen LogP contribution in [0.4, 0.5) is 10.5 Å². The summed E-state index contributed by atoms with van der Waals surface area (Å²) in [6.45, 7) is 8.10. The van der Waals surface area contributed by atoms with E-state index >= 15 is 0 Å². The van der Waals surface area contributed by atoms with Crippen molar-refractivity contribution in [2.24, 2.45) is 0 Å². The number of carbonyl (C=O) groups is 3. The largest absolute Gasteiger partial charge is 0.487 e. The number of nitrogens with zero attached hydrogens (tertiary/aromatic N) is 1. The van der Waals surface area contributed by atoms with Gasteiger partial charge in [-0.1, -0.05) is 51.8 Å². The molecule has 0 aliphatic carbocycles. The second-order valence-electron chi connectivity index (χ2n) is 8.65. The van der Waals surface area contributed by atoms with E-state index in [1.54, 1.807) is 30.3 Å². The van der Waals surface area contributed by atoms with Crippen molar-refractivity contribution in [2.75, 3.05) is 4.90 Å². The van der Waals surface area contributed by atoms with Crippen LogP contribution in [-0.2, 0) is 22.6 Å². The lowest BCUT2D eigenvalue weighted by atomic mass is 10.0. The summed E-state index contributed by atoms with van der Waals surface area (Å²) >= 11 is 7.00. The Morgan fingerprint density at radius 2 is 1.78 bits per heavy atom. The number of halogens is 2. The van der Waals surface area contributed by atoms with Crippen molar-refractivity contribution in [1.29, 1.82) is 0 Å². The van der Waals surface area contributed by atoms with Crippen LogP contribution in [0.15, 0.2) is 81.8 Å². The smallest absolute Gasteiger partial charge is 0.335 e. The number of allylic oxidation sites excluding steroid dienone is 1. The fraction of sp³-hybridized carbons (Fsp3) is 0.138. The molecule has 1 fully saturated rings. The maximum absolute atomic E-state index is 13.3. The van der Waals surface area contributed by atoms with Gasteiger partial charge in [0.05, 0.1) is 10.2 Å². The van der Waals surface area contributed by atoms with Gasteiger partial charge in [0, 0.05) is 4.47 Å². The standard InChI is InChI=1S/C29H24Br2N2O4/c1-4-6-21-13-20(15-25(31)26(21)37-16-19-8-5-7-17(2)11-19)14-23-27(34)32-29(36)33(28(23)35)22-9-10-24(30)18(3)12-22/h4-5,7-15H,1,6,16H2,2-3H3,(H,32,34,36)/b23-14+. The molecule has 1 aliphatic heterocycles. The molecule has 4 rings (SSSR count). The van der Waals surface area contributed by atoms with Gasteiger partial charge in [0.1, 0.15) is 17.9 Å². The molecule has 0 aromatic heterocycles. The molecule has 1 N–H and O–H groups in total. The Labute approximate surface area is 232 Å². The first-order valence-electron chi connectivity index (χ1n) is 11.5. The molecule has 4 amide bonds. The van der Waals surface area contributed by atoms with E-state index in [-0.39, 0.29) is 5.57 Å². The first-order chi connectivity index (χ1) is 17.7. The van der Waals surface area contributed by atoms with E-state index in [2.05, 4.69) is 49.8 Å². The van der Waals surface area contributed by atoms with Gasteiger partial charge in [-0.05, 0) is 94.9 Å². The van der Waals surface area contributed by atoms with Gasteiger partial charge in [-0.3, -0.25) is 14.9 Å². The summed E-state index contributed by atoms with van der Waals surface area (Å²) in [7, 11) is 0. The number of nitrogens with one attached hydrogen (secondary N) is 1. The average Bonchev–Trinajstić information content (AvgIpc) is 2.83. The van der Waals surface area contributed by atoms with Crippen LogP contribution in [0, 0.1) is 13.8 Å². The van der Waals surface area contributed by atoms with Gasteiger partial charge < -0.3 is 4.74 Å². The third kappa shape index (κ3) is 5.92. The highest BCUT2D eigenvalue weighted by Gasteiger charge is 2.37. The van der Waals surface area contributed by atoms with E-state index < -0.39 is 17.8 Å². The van der Waals surface area contributed by atoms with Crippen molar-refractivity contribution < 1.29 is 19.1 Å². The van der Waals surface area contributed by atoms with Crippen LogP contribution in [0.1, 0.15) is 27.8 Å². The lowest BCUT2D eigenvalue weighted by Crippen LogP contribution is -2.54. The summed E-state index contributed by atoms with van der Waals surface area (Å²) in [6, 6.07) is 16.0. The minimum absolute atomic E-state index is 0.148. The Morgan fingerprint density at radius 3 is 2.49 bits per heavy atom. The van der Waals surface area contributed by atoms with Gasteiger partial charge in [0.15, 0.2) is 0 Å². The molecule has 1 saturated heterocycles. The Morgan fingerprint density at radius 1 is 1.00 bits per heavy atom. The summed E-state index contributed by atoms with van der Waals surface area (Å²) in [5, 5.41) is 2.27. The van der Waals surface area contributed by atoms with Crippen LogP contribution in [-0.4, -0.2) is 17.8 Å². The molecule has 0 spiro atoms. The summed E-state index contributed by atoms with van der Waals surface area (Å²) in [5.41, 5.74) is 4.70. The maximum atomic E-state index is 13.3. The Balaban J connectivity index is 1.67. The van der Waals surface area contributed by atoms with Gasteiger partial charge >= 0.3 is 6.03 Å². The van der Waals surface area contributed by atoms with Crippen molar-refractivity contribution in [3.63, 3.8) is 0 Å². The lowest BCUT2D eigenvalue weighted by Gasteiger charge is -2.26. The van der Waals surface area contributed by atoms with Gasteiger partial charge in [0.2, 0.25) is 0 Å². The first kappa shape index (κ1) is 26.6. The zero-order valence-electron chi connectivity index (χ0n) is 20.3. The van der Waals surface area contributed by atoms with Crippen molar-refractivity contribution in [3.8, 4) is 5.75 Å². The first-order valence-corrected chi connectivity index (χ1v) is 13.1. The molecule has 0 atom stereocenters. The number of urea groups is 1. The third-order valence-electron chi connectivity index (χ3n) is 5.79. The Kier molecular flexibility index (Phi) is 8.10. The number of rotatable bonds is 7. The molecular weight excluding hydrogens is 600 g/mol. The quantitative estimate of drug-likeness (QED) is 0.178. The Hall–Kier alpha value is -3.49. The molecule has 37 heavy (non-hydrogen) atoms. The van der Waals surface area contributed by atoms with E-state index in [4.69, 9.17) is 4.74 Å². The van der Waals surface area contributed by atoms with Crippen LogP contribution in [0.3, 0.4) is 0 Å². The van der Waals surface area contributed by atoms with Crippen LogP contribution >= 0.6 is 31.9 Å². The SMILES string of the molecule is C=CCc1cc(/C=C2\C(=O)NC(=O)N(c3ccc(Br)c(C)c3)C2=O)cc(Br)c1OCc1cccc(C)c1. The summed E-state index contributed by atoms with van der Waals surface area (Å²) in [5.74, 6) is -0.789. The molecular formula is C29H24Br2N2O4. The minimum atomic E-state index is -0.790. The van der Waals surface area contributed by atoms with Crippen LogP contribution in [0.2, 0.25) is 0 Å². The third-order valence-corrected chi connectivity index (χ3v) is 7.26. The zero-order valence-corrected chi connectivity index (χ0v) is 23.5. The number of anilines is 1. The molecule has 0 bridgehead atoms. The second-order valence-corrected chi connectivity index (χ2v) is 10.4. The number of imide groups is 2. The summed E-state index contributed by atoms with van der Waals surface area (Å²) < 4.78 is 7.66. The second kappa shape index (κ2) is 11.3. The van der Waals surface area contributed by atoms with E-state index in [1.807, 2.05) is 38.1 Å². The highest BCUT2D eigenvalue weighted by Crippen LogP contribution is 2.34. The number of aryl methyl sites for hydroxylation is 2. The molecule has 0 unspecified atom stereocenters. The average molecular weight is 624 g/mol. The van der Waals surface area contributed by atoms with Crippen LogP contribution in [0.25, 0.3) is 6.08 Å². The molecule has 1 aliphatic rings. The highest BCUT2D eigenvalue weighted by molar-refractivity contribution is 9.10. The van der Waals surface area contributed by atoms with E-state index in [9.17, 15) is 14.4 Å². The van der Waals surface area contributed by atoms with Crippen molar-refractivity contribution in [2.45, 2.75) is 26.9 Å². The van der Waals surface area contributed by atoms with Crippen molar-refractivity contribution >= 4 is 61.5 Å². The minimum Gasteiger partial charge on any atom is -0.487 e. The molecule has 6 nitrogen and oxygen atoms in total. The topological polar surface area (TPSA) is 75.7 Å². The number of barbiturate groups is 1. The van der Waals surface area contributed by atoms with Gasteiger partial charge in [-0.2, -0.15) is 0 Å². The van der Waals surface area contributed by atoms with E-state index in [1.165, 1.54) is 6.08 Å². The number of amides is 4. The fourth-order valence-electron chi connectivity index (χ4n) is 4.01. The molecule has 3 aromatic rings.